The van der Waals surface area contributed by atoms with Crippen molar-refractivity contribution in [2.45, 2.75) is 60.8 Å². The summed E-state index contributed by atoms with van der Waals surface area (Å²) < 4.78 is 29.2. The summed E-state index contributed by atoms with van der Waals surface area (Å²) in [6, 6.07) is 7.92. The van der Waals surface area contributed by atoms with Crippen LogP contribution in [0.3, 0.4) is 0 Å². The molecule has 0 aliphatic carbocycles. The molecule has 0 bridgehead atoms. The van der Waals surface area contributed by atoms with Gasteiger partial charge in [-0.15, -0.1) is 0 Å². The lowest BCUT2D eigenvalue weighted by Gasteiger charge is -2.21. The molecule has 6 nitrogen and oxygen atoms in total. The van der Waals surface area contributed by atoms with Gasteiger partial charge in [0.2, 0.25) is 0 Å². The minimum Gasteiger partial charge on any atom is -0.494 e. The van der Waals surface area contributed by atoms with Crippen LogP contribution in [0.4, 0.5) is 0 Å². The van der Waals surface area contributed by atoms with E-state index in [0.29, 0.717) is 68.0 Å². The van der Waals surface area contributed by atoms with Gasteiger partial charge >= 0.3 is 0 Å². The molecule has 2 aromatic carbocycles. The number of hydrogen-bond acceptors (Lipinski definition) is 6. The number of carbonyl (C=O) groups is 1. The minimum absolute atomic E-state index is 0.0891. The number of ketones is 1. The first kappa shape index (κ1) is 26.4. The average molecular weight is 459 g/mol. The quantitative estimate of drug-likeness (QED) is 0.302. The molecule has 0 amide bonds. The van der Waals surface area contributed by atoms with Gasteiger partial charge in [0.15, 0.2) is 28.8 Å². The molecular weight excluding hydrogens is 420 g/mol. The largest absolute Gasteiger partial charge is 0.494 e. The average Bonchev–Trinajstić information content (AvgIpc) is 2.81. The van der Waals surface area contributed by atoms with E-state index in [1.807, 2.05) is 40.7 Å². The van der Waals surface area contributed by atoms with Crippen molar-refractivity contribution in [3.63, 3.8) is 0 Å². The Kier molecular flexibility index (Phi) is 10.9. The van der Waals surface area contributed by atoms with Gasteiger partial charge in [-0.05, 0) is 64.7 Å². The Morgan fingerprint density at radius 2 is 1.18 bits per heavy atom. The van der Waals surface area contributed by atoms with Crippen LogP contribution >= 0.6 is 0 Å². The Hall–Kier alpha value is -2.89. The van der Waals surface area contributed by atoms with Gasteiger partial charge in [-0.1, -0.05) is 19.1 Å². The molecule has 0 spiro atoms. The highest BCUT2D eigenvalue weighted by atomic mass is 16.5. The summed E-state index contributed by atoms with van der Waals surface area (Å²) in [6.07, 6.45) is 1.74. The van der Waals surface area contributed by atoms with Crippen LogP contribution in [0.5, 0.6) is 28.7 Å². The number of aryl methyl sites for hydroxylation is 2. The molecule has 0 aliphatic rings. The third kappa shape index (κ3) is 6.80. The summed E-state index contributed by atoms with van der Waals surface area (Å²) in [4.78, 5) is 13.6. The van der Waals surface area contributed by atoms with Crippen molar-refractivity contribution in [1.82, 2.24) is 0 Å². The molecule has 0 aromatic heterocycles. The molecule has 0 saturated carbocycles. The molecular formula is C27H38O6. The van der Waals surface area contributed by atoms with Crippen molar-refractivity contribution in [2.75, 3.05) is 33.0 Å². The van der Waals surface area contributed by atoms with Crippen LogP contribution in [-0.2, 0) is 12.8 Å². The maximum absolute atomic E-state index is 13.6. The van der Waals surface area contributed by atoms with Crippen LogP contribution in [-0.4, -0.2) is 38.8 Å². The number of carbonyl (C=O) groups excluding carboxylic acids is 1. The molecule has 0 unspecified atom stereocenters. The second-order valence-electron chi connectivity index (χ2n) is 7.29. The van der Waals surface area contributed by atoms with Crippen molar-refractivity contribution in [3.8, 4) is 28.7 Å². The molecule has 182 valence electrons. The lowest BCUT2D eigenvalue weighted by atomic mass is 9.98. The predicted octanol–water partition coefficient (Wildman–Crippen LogP) is 6.06. The topological polar surface area (TPSA) is 63.2 Å². The second kappa shape index (κ2) is 13.6. The monoisotopic (exact) mass is 458 g/mol. The molecule has 6 heteroatoms. The van der Waals surface area contributed by atoms with E-state index in [1.165, 1.54) is 5.56 Å². The fraction of sp³-hybridized carbons (Fsp3) is 0.519. The van der Waals surface area contributed by atoms with Gasteiger partial charge in [0.05, 0.1) is 33.0 Å². The fourth-order valence-corrected chi connectivity index (χ4v) is 3.67. The van der Waals surface area contributed by atoms with E-state index in [0.717, 1.165) is 17.7 Å². The third-order valence-electron chi connectivity index (χ3n) is 5.07. The van der Waals surface area contributed by atoms with E-state index in [2.05, 4.69) is 19.1 Å². The summed E-state index contributed by atoms with van der Waals surface area (Å²) in [5.74, 6) is 2.51. The number of benzene rings is 2. The summed E-state index contributed by atoms with van der Waals surface area (Å²) in [6.45, 7) is 13.9. The molecule has 2 rings (SSSR count). The van der Waals surface area contributed by atoms with Crippen molar-refractivity contribution < 1.29 is 28.5 Å². The van der Waals surface area contributed by atoms with Gasteiger partial charge in [0, 0.05) is 12.5 Å². The van der Waals surface area contributed by atoms with Gasteiger partial charge in [0.1, 0.15) is 11.3 Å². The Morgan fingerprint density at radius 3 is 1.67 bits per heavy atom. The zero-order chi connectivity index (χ0) is 24.2. The van der Waals surface area contributed by atoms with Gasteiger partial charge in [-0.25, -0.2) is 0 Å². The number of Topliss-reactive ketones (excluding diaryl/α,β-unsaturated/α-hetero) is 1. The zero-order valence-electron chi connectivity index (χ0n) is 20.9. The van der Waals surface area contributed by atoms with E-state index in [1.54, 1.807) is 6.07 Å². The first-order valence-corrected chi connectivity index (χ1v) is 12.0. The summed E-state index contributed by atoms with van der Waals surface area (Å²) in [5.41, 5.74) is 2.60. The van der Waals surface area contributed by atoms with E-state index in [-0.39, 0.29) is 12.2 Å². The summed E-state index contributed by atoms with van der Waals surface area (Å²) in [7, 11) is 0. The number of hydrogen-bond donors (Lipinski definition) is 0. The lowest BCUT2D eigenvalue weighted by molar-refractivity contribution is 0.0972. The van der Waals surface area contributed by atoms with Crippen LogP contribution in [0.25, 0.3) is 0 Å². The van der Waals surface area contributed by atoms with E-state index < -0.39 is 0 Å². The molecule has 0 radical (unpaired) electrons. The zero-order valence-corrected chi connectivity index (χ0v) is 20.9. The van der Waals surface area contributed by atoms with Crippen LogP contribution in [0.2, 0.25) is 0 Å². The van der Waals surface area contributed by atoms with Gasteiger partial charge < -0.3 is 23.7 Å². The van der Waals surface area contributed by atoms with Crippen LogP contribution in [0.1, 0.15) is 69.4 Å². The fourth-order valence-electron chi connectivity index (χ4n) is 3.67. The SMILES string of the molecule is CCOc1ccc(CC)cc1CCC(=O)c1c(OCC)c(OCC)cc(OCC)c1OCC. The van der Waals surface area contributed by atoms with Crippen LogP contribution in [0, 0.1) is 0 Å². The Bertz CT molecular complexity index is 872. The molecule has 0 atom stereocenters. The van der Waals surface area contributed by atoms with Crippen molar-refractivity contribution in [2.24, 2.45) is 0 Å². The molecule has 33 heavy (non-hydrogen) atoms. The Balaban J connectivity index is 2.51. The maximum Gasteiger partial charge on any atom is 0.175 e. The summed E-state index contributed by atoms with van der Waals surface area (Å²) in [5, 5.41) is 0. The molecule has 0 fully saturated rings. The van der Waals surface area contributed by atoms with Gasteiger partial charge in [-0.2, -0.15) is 0 Å². The first-order chi connectivity index (χ1) is 16.0. The van der Waals surface area contributed by atoms with Crippen molar-refractivity contribution in [3.05, 3.63) is 41.0 Å². The van der Waals surface area contributed by atoms with Crippen LogP contribution in [0.15, 0.2) is 24.3 Å². The lowest BCUT2D eigenvalue weighted by Crippen LogP contribution is -2.12. The van der Waals surface area contributed by atoms with Gasteiger partial charge in [0.25, 0.3) is 0 Å². The summed E-state index contributed by atoms with van der Waals surface area (Å²) >= 11 is 0. The molecule has 0 N–H and O–H groups in total. The van der Waals surface area contributed by atoms with E-state index in [4.69, 9.17) is 23.7 Å². The number of rotatable bonds is 15. The van der Waals surface area contributed by atoms with E-state index in [9.17, 15) is 4.79 Å². The second-order valence-corrected chi connectivity index (χ2v) is 7.29. The smallest absolute Gasteiger partial charge is 0.175 e. The number of ether oxygens (including phenoxy) is 5. The minimum atomic E-state index is -0.0891. The Labute approximate surface area is 198 Å². The molecule has 0 aliphatic heterocycles. The molecule has 2 aromatic rings. The first-order valence-electron chi connectivity index (χ1n) is 12.0. The normalized spacial score (nSPS) is 10.6. The highest BCUT2D eigenvalue weighted by Crippen LogP contribution is 2.46. The van der Waals surface area contributed by atoms with E-state index >= 15 is 0 Å². The predicted molar refractivity (Wildman–Crippen MR) is 131 cm³/mol. The highest BCUT2D eigenvalue weighted by Gasteiger charge is 2.27. The molecule has 0 heterocycles. The Morgan fingerprint density at radius 1 is 0.667 bits per heavy atom. The molecule has 0 saturated heterocycles. The maximum atomic E-state index is 13.6. The third-order valence-corrected chi connectivity index (χ3v) is 5.07. The standard InChI is InChI=1S/C27H38O6/c1-7-19-13-16-22(29-8-2)20(17-19)14-15-21(28)25-26(32-11-5)23(30-9-3)18-24(31-10-4)27(25)33-12-6/h13,16-18H,7-12,14-15H2,1-6H3. The van der Waals surface area contributed by atoms with Gasteiger partial charge in [-0.3, -0.25) is 4.79 Å². The van der Waals surface area contributed by atoms with Crippen molar-refractivity contribution >= 4 is 5.78 Å². The van der Waals surface area contributed by atoms with Crippen LogP contribution < -0.4 is 23.7 Å². The highest BCUT2D eigenvalue weighted by molar-refractivity contribution is 6.03. The van der Waals surface area contributed by atoms with Crippen molar-refractivity contribution in [1.29, 1.82) is 0 Å².